The van der Waals surface area contributed by atoms with Crippen molar-refractivity contribution in [3.8, 4) is 11.5 Å². The molecule has 1 aromatic carbocycles. The Kier molecular flexibility index (Phi) is 4.79. The highest BCUT2D eigenvalue weighted by Crippen LogP contribution is 2.32. The molecule has 1 aliphatic heterocycles. The van der Waals surface area contributed by atoms with Crippen LogP contribution in [0.1, 0.15) is 20.3 Å². The van der Waals surface area contributed by atoms with Gasteiger partial charge in [-0.25, -0.2) is 0 Å². The molecule has 108 valence electrons. The fourth-order valence-electron chi connectivity index (χ4n) is 1.83. The van der Waals surface area contributed by atoms with E-state index in [1.54, 1.807) is 6.07 Å². The van der Waals surface area contributed by atoms with Gasteiger partial charge in [-0.05, 0) is 30.3 Å². The van der Waals surface area contributed by atoms with E-state index in [2.05, 4.69) is 10.6 Å². The van der Waals surface area contributed by atoms with Gasteiger partial charge in [0.25, 0.3) is 0 Å². The summed E-state index contributed by atoms with van der Waals surface area (Å²) in [5.74, 6) is 1.61. The molecule has 2 N–H and O–H groups in total. The largest absolute Gasteiger partial charge is 0.486 e. The molecule has 1 aliphatic rings. The Balaban J connectivity index is 1.92. The lowest BCUT2D eigenvalue weighted by Crippen LogP contribution is -2.34. The summed E-state index contributed by atoms with van der Waals surface area (Å²) in [5.41, 5.74) is 0.754. The van der Waals surface area contributed by atoms with Gasteiger partial charge in [0.2, 0.25) is 5.91 Å². The van der Waals surface area contributed by atoms with Crippen molar-refractivity contribution in [3.63, 3.8) is 0 Å². The summed E-state index contributed by atoms with van der Waals surface area (Å²) in [5, 5.41) is 5.89. The first-order chi connectivity index (χ1) is 9.54. The van der Waals surface area contributed by atoms with E-state index in [4.69, 9.17) is 21.7 Å². The van der Waals surface area contributed by atoms with Gasteiger partial charge in [-0.2, -0.15) is 0 Å². The summed E-state index contributed by atoms with van der Waals surface area (Å²) < 4.78 is 10.9. The number of anilines is 1. The van der Waals surface area contributed by atoms with Crippen LogP contribution in [-0.4, -0.2) is 24.2 Å². The van der Waals surface area contributed by atoms with E-state index in [9.17, 15) is 4.79 Å². The molecule has 1 aromatic rings. The van der Waals surface area contributed by atoms with Gasteiger partial charge in [0.15, 0.2) is 16.6 Å². The number of benzene rings is 1. The third-order valence-electron chi connectivity index (χ3n) is 2.65. The predicted molar refractivity (Wildman–Crippen MR) is 81.3 cm³/mol. The maximum Gasteiger partial charge on any atom is 0.226 e. The molecule has 0 aliphatic carbocycles. The normalized spacial score (nSPS) is 12.9. The molecule has 1 amide bonds. The van der Waals surface area contributed by atoms with Crippen LogP contribution in [0.3, 0.4) is 0 Å². The van der Waals surface area contributed by atoms with Crippen LogP contribution in [0.15, 0.2) is 18.2 Å². The quantitative estimate of drug-likeness (QED) is 0.838. The molecule has 5 nitrogen and oxygen atoms in total. The smallest absolute Gasteiger partial charge is 0.226 e. The van der Waals surface area contributed by atoms with E-state index in [1.165, 1.54) is 0 Å². The Morgan fingerprint density at radius 2 is 2.00 bits per heavy atom. The Hall–Kier alpha value is -1.82. The highest BCUT2D eigenvalue weighted by Gasteiger charge is 2.12. The van der Waals surface area contributed by atoms with Crippen LogP contribution in [0.4, 0.5) is 5.69 Å². The van der Waals surface area contributed by atoms with Crippen molar-refractivity contribution in [2.75, 3.05) is 18.5 Å². The molecule has 0 saturated carbocycles. The Labute approximate surface area is 123 Å². The van der Waals surface area contributed by atoms with E-state index in [1.807, 2.05) is 26.0 Å². The Bertz CT molecular complexity index is 517. The number of hydrogen-bond acceptors (Lipinski definition) is 4. The van der Waals surface area contributed by atoms with Crippen LogP contribution in [0, 0.1) is 5.92 Å². The average molecular weight is 294 g/mol. The third-order valence-corrected chi connectivity index (χ3v) is 2.85. The molecule has 0 fully saturated rings. The molecular weight excluding hydrogens is 276 g/mol. The van der Waals surface area contributed by atoms with Gasteiger partial charge in [0, 0.05) is 18.2 Å². The number of nitrogens with one attached hydrogen (secondary N) is 2. The molecule has 0 aromatic heterocycles. The van der Waals surface area contributed by atoms with E-state index in [0.29, 0.717) is 31.3 Å². The van der Waals surface area contributed by atoms with Crippen LogP contribution >= 0.6 is 12.2 Å². The first-order valence-electron chi connectivity index (χ1n) is 6.55. The first-order valence-corrected chi connectivity index (χ1v) is 6.96. The summed E-state index contributed by atoms with van der Waals surface area (Å²) in [6.45, 7) is 5.06. The fraction of sp³-hybridized carbons (Fsp3) is 0.429. The molecule has 0 atom stereocenters. The van der Waals surface area contributed by atoms with Crippen molar-refractivity contribution in [2.24, 2.45) is 5.92 Å². The number of hydrogen-bond donors (Lipinski definition) is 2. The SMILES string of the molecule is CC(C)CC(=O)NC(=S)Nc1ccc2c(c1)OCCO2. The maximum absolute atomic E-state index is 11.6. The highest BCUT2D eigenvalue weighted by molar-refractivity contribution is 7.80. The standard InChI is InChI=1S/C14H18N2O3S/c1-9(2)7-13(17)16-14(20)15-10-3-4-11-12(8-10)19-6-5-18-11/h3-4,8-9H,5-7H2,1-2H3,(H2,15,16,17,20). The number of thiocarbonyl (C=S) groups is 1. The first kappa shape index (κ1) is 14.6. The molecule has 0 spiro atoms. The molecule has 0 bridgehead atoms. The monoisotopic (exact) mass is 294 g/mol. The van der Waals surface area contributed by atoms with Crippen molar-refractivity contribution >= 4 is 28.9 Å². The second kappa shape index (κ2) is 6.56. The predicted octanol–water partition coefficient (Wildman–Crippen LogP) is 2.32. The van der Waals surface area contributed by atoms with Gasteiger partial charge >= 0.3 is 0 Å². The molecule has 20 heavy (non-hydrogen) atoms. The Morgan fingerprint density at radius 3 is 2.70 bits per heavy atom. The van der Waals surface area contributed by atoms with Crippen molar-refractivity contribution in [1.82, 2.24) is 5.32 Å². The molecule has 1 heterocycles. The molecular formula is C14H18N2O3S. The van der Waals surface area contributed by atoms with E-state index < -0.39 is 0 Å². The second-order valence-electron chi connectivity index (χ2n) is 4.96. The maximum atomic E-state index is 11.6. The van der Waals surface area contributed by atoms with Gasteiger partial charge in [-0.1, -0.05) is 13.8 Å². The topological polar surface area (TPSA) is 59.6 Å². The van der Waals surface area contributed by atoms with Crippen LogP contribution < -0.4 is 20.1 Å². The minimum Gasteiger partial charge on any atom is -0.486 e. The summed E-state index contributed by atoms with van der Waals surface area (Å²) in [7, 11) is 0. The van der Waals surface area contributed by atoms with Crippen molar-refractivity contribution in [2.45, 2.75) is 20.3 Å². The number of carbonyl (C=O) groups is 1. The molecule has 0 unspecified atom stereocenters. The van der Waals surface area contributed by atoms with E-state index >= 15 is 0 Å². The molecule has 6 heteroatoms. The molecule has 2 rings (SSSR count). The van der Waals surface area contributed by atoms with E-state index in [-0.39, 0.29) is 11.0 Å². The zero-order valence-corrected chi connectivity index (χ0v) is 12.4. The zero-order valence-electron chi connectivity index (χ0n) is 11.6. The zero-order chi connectivity index (χ0) is 14.5. The second-order valence-corrected chi connectivity index (χ2v) is 5.37. The lowest BCUT2D eigenvalue weighted by Gasteiger charge is -2.19. The number of rotatable bonds is 3. The van der Waals surface area contributed by atoms with Crippen molar-refractivity contribution in [3.05, 3.63) is 18.2 Å². The summed E-state index contributed by atoms with van der Waals surface area (Å²) in [6, 6.07) is 5.44. The third kappa shape index (κ3) is 4.09. The van der Waals surface area contributed by atoms with Gasteiger partial charge < -0.3 is 20.1 Å². The van der Waals surface area contributed by atoms with Crippen molar-refractivity contribution < 1.29 is 14.3 Å². The number of ether oxygens (including phenoxy) is 2. The summed E-state index contributed by atoms with van der Waals surface area (Å²) >= 11 is 5.10. The lowest BCUT2D eigenvalue weighted by molar-refractivity contribution is -0.120. The van der Waals surface area contributed by atoms with Crippen LogP contribution in [0.2, 0.25) is 0 Å². The van der Waals surface area contributed by atoms with E-state index in [0.717, 1.165) is 11.4 Å². The molecule has 0 saturated heterocycles. The number of fused-ring (bicyclic) bond motifs is 1. The highest BCUT2D eigenvalue weighted by atomic mass is 32.1. The van der Waals surface area contributed by atoms with Gasteiger partial charge in [-0.3, -0.25) is 4.79 Å². The van der Waals surface area contributed by atoms with Gasteiger partial charge in [0.1, 0.15) is 13.2 Å². The minimum absolute atomic E-state index is 0.0879. The fourth-order valence-corrected chi connectivity index (χ4v) is 2.06. The number of amides is 1. The summed E-state index contributed by atoms with van der Waals surface area (Å²) in [4.78, 5) is 11.6. The summed E-state index contributed by atoms with van der Waals surface area (Å²) in [6.07, 6.45) is 0.447. The minimum atomic E-state index is -0.0879. The van der Waals surface area contributed by atoms with Gasteiger partial charge in [0.05, 0.1) is 0 Å². The van der Waals surface area contributed by atoms with Gasteiger partial charge in [-0.15, -0.1) is 0 Å². The Morgan fingerprint density at radius 1 is 1.30 bits per heavy atom. The van der Waals surface area contributed by atoms with Crippen LogP contribution in [0.5, 0.6) is 11.5 Å². The van der Waals surface area contributed by atoms with Crippen molar-refractivity contribution in [1.29, 1.82) is 0 Å². The molecule has 0 radical (unpaired) electrons. The lowest BCUT2D eigenvalue weighted by atomic mass is 10.1. The number of carbonyl (C=O) groups excluding carboxylic acids is 1. The average Bonchev–Trinajstić information content (AvgIpc) is 2.37. The van der Waals surface area contributed by atoms with Crippen LogP contribution in [0.25, 0.3) is 0 Å². The van der Waals surface area contributed by atoms with Crippen LogP contribution in [-0.2, 0) is 4.79 Å².